The Bertz CT molecular complexity index is 555. The number of hydrogen-bond acceptors (Lipinski definition) is 3. The molecule has 27 heavy (non-hydrogen) atoms. The smallest absolute Gasteiger partial charge is 0.191 e. The predicted molar refractivity (Wildman–Crippen MR) is 120 cm³/mol. The lowest BCUT2D eigenvalue weighted by Crippen LogP contribution is -2.46. The quantitative estimate of drug-likeness (QED) is 0.296. The first-order chi connectivity index (χ1) is 12.6. The highest BCUT2D eigenvalue weighted by Crippen LogP contribution is 2.18. The van der Waals surface area contributed by atoms with Crippen LogP contribution in [0.5, 0.6) is 0 Å². The Morgan fingerprint density at radius 2 is 2.00 bits per heavy atom. The van der Waals surface area contributed by atoms with Crippen molar-refractivity contribution >= 4 is 29.9 Å². The molecule has 1 aliphatic rings. The maximum absolute atomic E-state index is 13.0. The van der Waals surface area contributed by atoms with Crippen molar-refractivity contribution < 1.29 is 9.50 Å². The number of halogens is 2. The molecule has 5 nitrogen and oxygen atoms in total. The van der Waals surface area contributed by atoms with Gasteiger partial charge in [0.25, 0.3) is 0 Å². The number of piperidine rings is 1. The normalized spacial score (nSPS) is 19.3. The topological polar surface area (TPSA) is 59.9 Å². The minimum absolute atomic E-state index is 0. The fourth-order valence-corrected chi connectivity index (χ4v) is 3.44. The van der Waals surface area contributed by atoms with Gasteiger partial charge in [0.1, 0.15) is 5.82 Å². The molecule has 0 bridgehead atoms. The van der Waals surface area contributed by atoms with Crippen LogP contribution >= 0.6 is 24.0 Å². The molecule has 1 heterocycles. The van der Waals surface area contributed by atoms with Crippen LogP contribution in [0, 0.1) is 5.82 Å². The Balaban J connectivity index is 0.00000364. The maximum Gasteiger partial charge on any atom is 0.191 e. The summed E-state index contributed by atoms with van der Waals surface area (Å²) < 4.78 is 13.0. The largest absolute Gasteiger partial charge is 0.386 e. The van der Waals surface area contributed by atoms with Crippen LogP contribution in [0.25, 0.3) is 0 Å². The van der Waals surface area contributed by atoms with Gasteiger partial charge in [0.15, 0.2) is 5.96 Å². The van der Waals surface area contributed by atoms with Crippen LogP contribution in [-0.2, 0) is 0 Å². The second-order valence-electron chi connectivity index (χ2n) is 6.81. The second kappa shape index (κ2) is 13.3. The molecule has 1 aliphatic heterocycles. The first-order valence-corrected chi connectivity index (χ1v) is 9.83. The molecular formula is C20H34FIN4O. The number of aliphatic imine (C=N–C) groups is 1. The minimum Gasteiger partial charge on any atom is -0.386 e. The third kappa shape index (κ3) is 8.31. The summed E-state index contributed by atoms with van der Waals surface area (Å²) in [6.45, 7) is 8.29. The van der Waals surface area contributed by atoms with Crippen LogP contribution in [0.1, 0.15) is 51.2 Å². The van der Waals surface area contributed by atoms with Gasteiger partial charge in [0.05, 0.1) is 12.6 Å². The van der Waals surface area contributed by atoms with Crippen molar-refractivity contribution in [1.82, 2.24) is 15.5 Å². The molecule has 154 valence electrons. The summed E-state index contributed by atoms with van der Waals surface area (Å²) in [6.07, 6.45) is 4.40. The van der Waals surface area contributed by atoms with Gasteiger partial charge in [-0.2, -0.15) is 0 Å². The van der Waals surface area contributed by atoms with Gasteiger partial charge in [-0.15, -0.1) is 24.0 Å². The third-order valence-corrected chi connectivity index (χ3v) is 4.93. The van der Waals surface area contributed by atoms with Gasteiger partial charge in [0, 0.05) is 25.7 Å². The van der Waals surface area contributed by atoms with E-state index in [1.54, 1.807) is 12.1 Å². The van der Waals surface area contributed by atoms with Crippen LogP contribution in [-0.4, -0.2) is 54.7 Å². The van der Waals surface area contributed by atoms with Crippen molar-refractivity contribution in [1.29, 1.82) is 0 Å². The van der Waals surface area contributed by atoms with Crippen molar-refractivity contribution in [2.24, 2.45) is 4.99 Å². The molecule has 2 atom stereocenters. The fraction of sp³-hybridized carbons (Fsp3) is 0.650. The number of nitrogens with zero attached hydrogens (tertiary/aromatic N) is 2. The molecule has 7 heteroatoms. The molecule has 0 radical (unpaired) electrons. The molecule has 2 unspecified atom stereocenters. The Labute approximate surface area is 179 Å². The molecule has 0 amide bonds. The summed E-state index contributed by atoms with van der Waals surface area (Å²) in [7, 11) is 0. The third-order valence-electron chi connectivity index (χ3n) is 4.93. The summed E-state index contributed by atoms with van der Waals surface area (Å²) in [5.41, 5.74) is 0.671. The molecule has 3 N–H and O–H groups in total. The van der Waals surface area contributed by atoms with Gasteiger partial charge in [0.2, 0.25) is 0 Å². The van der Waals surface area contributed by atoms with Crippen molar-refractivity contribution in [2.75, 3.05) is 32.7 Å². The van der Waals surface area contributed by atoms with Crippen LogP contribution in [0.15, 0.2) is 29.3 Å². The Morgan fingerprint density at radius 3 is 2.67 bits per heavy atom. The highest BCUT2D eigenvalue weighted by atomic mass is 127. The van der Waals surface area contributed by atoms with Gasteiger partial charge in [-0.05, 0) is 50.4 Å². The van der Waals surface area contributed by atoms with Crippen molar-refractivity contribution in [3.63, 3.8) is 0 Å². The standard InChI is InChI=1S/C20H33FN4O.HI/c1-3-18-7-5-6-13-25(18)14-12-23-20(22-4-2)24-15-19(26)16-8-10-17(21)11-9-16;/h8-11,18-19,26H,3-7,12-15H2,1-2H3,(H2,22,23,24);1H. The van der Waals surface area contributed by atoms with Crippen LogP contribution in [0.4, 0.5) is 4.39 Å². The van der Waals surface area contributed by atoms with Gasteiger partial charge >= 0.3 is 0 Å². The maximum atomic E-state index is 13.0. The van der Waals surface area contributed by atoms with Gasteiger partial charge < -0.3 is 15.7 Å². The first-order valence-electron chi connectivity index (χ1n) is 9.83. The van der Waals surface area contributed by atoms with E-state index in [0.717, 1.165) is 19.6 Å². The lowest BCUT2D eigenvalue weighted by atomic mass is 10.0. The minimum atomic E-state index is -0.738. The van der Waals surface area contributed by atoms with Gasteiger partial charge in [-0.1, -0.05) is 25.5 Å². The number of benzene rings is 1. The number of rotatable bonds is 8. The van der Waals surface area contributed by atoms with Gasteiger partial charge in [-0.3, -0.25) is 9.89 Å². The summed E-state index contributed by atoms with van der Waals surface area (Å²) >= 11 is 0. The second-order valence-corrected chi connectivity index (χ2v) is 6.81. The predicted octanol–water partition coefficient (Wildman–Crippen LogP) is 3.30. The van der Waals surface area contributed by atoms with E-state index in [1.807, 2.05) is 6.92 Å². The number of aliphatic hydroxyl groups excluding tert-OH is 1. The number of hydrogen-bond donors (Lipinski definition) is 3. The molecule has 0 aromatic heterocycles. The Kier molecular flexibility index (Phi) is 11.9. The van der Waals surface area contributed by atoms with Gasteiger partial charge in [-0.25, -0.2) is 4.39 Å². The Hall–Kier alpha value is -0.930. The number of likely N-dealkylation sites (tertiary alicyclic amines) is 1. The zero-order chi connectivity index (χ0) is 18.8. The van der Waals surface area contributed by atoms with E-state index in [2.05, 4.69) is 27.4 Å². The van der Waals surface area contributed by atoms with E-state index in [9.17, 15) is 9.50 Å². The van der Waals surface area contributed by atoms with E-state index >= 15 is 0 Å². The lowest BCUT2D eigenvalue weighted by Gasteiger charge is -2.35. The molecule has 0 aliphatic carbocycles. The van der Waals surface area contributed by atoms with E-state index in [1.165, 1.54) is 44.4 Å². The van der Waals surface area contributed by atoms with E-state index in [-0.39, 0.29) is 36.3 Å². The molecular weight excluding hydrogens is 458 g/mol. The summed E-state index contributed by atoms with van der Waals surface area (Å²) in [5, 5.41) is 16.8. The lowest BCUT2D eigenvalue weighted by molar-refractivity contribution is 0.147. The monoisotopic (exact) mass is 492 g/mol. The average molecular weight is 492 g/mol. The number of nitrogens with one attached hydrogen (secondary N) is 2. The van der Waals surface area contributed by atoms with Crippen molar-refractivity contribution in [2.45, 2.75) is 51.7 Å². The molecule has 1 fully saturated rings. The van der Waals surface area contributed by atoms with Crippen LogP contribution in [0.3, 0.4) is 0 Å². The average Bonchev–Trinajstić information content (AvgIpc) is 2.66. The summed E-state index contributed by atoms with van der Waals surface area (Å²) in [5.74, 6) is 0.404. The van der Waals surface area contributed by atoms with Crippen LogP contribution in [0.2, 0.25) is 0 Å². The van der Waals surface area contributed by atoms with Crippen molar-refractivity contribution in [3.05, 3.63) is 35.6 Å². The number of aliphatic hydroxyl groups is 1. The number of guanidine groups is 1. The highest BCUT2D eigenvalue weighted by Gasteiger charge is 2.20. The first kappa shape index (κ1) is 24.1. The van der Waals surface area contributed by atoms with Crippen LogP contribution < -0.4 is 10.6 Å². The van der Waals surface area contributed by atoms with Crippen molar-refractivity contribution in [3.8, 4) is 0 Å². The molecule has 0 saturated carbocycles. The zero-order valence-electron chi connectivity index (χ0n) is 16.5. The van der Waals surface area contributed by atoms with E-state index in [4.69, 9.17) is 0 Å². The van der Waals surface area contributed by atoms with E-state index in [0.29, 0.717) is 17.6 Å². The summed E-state index contributed by atoms with van der Waals surface area (Å²) in [6, 6.07) is 6.60. The molecule has 1 aromatic rings. The molecule has 2 rings (SSSR count). The fourth-order valence-electron chi connectivity index (χ4n) is 3.44. The SMILES string of the molecule is CCNC(=NCC(O)c1ccc(F)cc1)NCCN1CCCCC1CC.I. The zero-order valence-corrected chi connectivity index (χ0v) is 18.8. The molecule has 1 saturated heterocycles. The Morgan fingerprint density at radius 1 is 1.26 bits per heavy atom. The highest BCUT2D eigenvalue weighted by molar-refractivity contribution is 14.0. The molecule has 1 aromatic carbocycles. The summed E-state index contributed by atoms with van der Waals surface area (Å²) in [4.78, 5) is 7.03. The van der Waals surface area contributed by atoms with E-state index < -0.39 is 6.10 Å². The molecule has 0 spiro atoms.